The molecule has 0 radical (unpaired) electrons. The summed E-state index contributed by atoms with van der Waals surface area (Å²) >= 11 is 1.47. The Hall–Kier alpha value is -3.32. The molecule has 28 heavy (non-hydrogen) atoms. The van der Waals surface area contributed by atoms with Crippen molar-refractivity contribution in [2.24, 2.45) is 0 Å². The van der Waals surface area contributed by atoms with E-state index >= 15 is 0 Å². The lowest BCUT2D eigenvalue weighted by Crippen LogP contribution is -2.11. The van der Waals surface area contributed by atoms with Crippen LogP contribution in [0, 0.1) is 20.8 Å². The van der Waals surface area contributed by atoms with Crippen LogP contribution in [0.1, 0.15) is 27.3 Å². The van der Waals surface area contributed by atoms with Gasteiger partial charge in [0.25, 0.3) is 5.91 Å². The second kappa shape index (κ2) is 7.36. The second-order valence-corrected chi connectivity index (χ2v) is 7.65. The van der Waals surface area contributed by atoms with Crippen LogP contribution in [0.25, 0.3) is 10.2 Å². The topological polar surface area (TPSA) is 79.8 Å². The molecule has 1 amide bonds. The Kier molecular flexibility index (Phi) is 4.75. The van der Waals surface area contributed by atoms with Gasteiger partial charge < -0.3 is 5.32 Å². The van der Waals surface area contributed by atoms with E-state index in [-0.39, 0.29) is 5.91 Å². The van der Waals surface area contributed by atoms with E-state index in [1.165, 1.54) is 16.9 Å². The average Bonchev–Trinajstić information content (AvgIpc) is 3.02. The van der Waals surface area contributed by atoms with Gasteiger partial charge in [-0.1, -0.05) is 17.4 Å². The number of thiazole rings is 1. The molecule has 2 heterocycles. The summed E-state index contributed by atoms with van der Waals surface area (Å²) in [5.41, 5.74) is 5.23. The molecule has 2 aromatic heterocycles. The van der Waals surface area contributed by atoms with Crippen LogP contribution >= 0.6 is 11.3 Å². The lowest BCUT2D eigenvalue weighted by molar-refractivity contribution is 0.102. The number of aryl methyl sites for hydroxylation is 3. The van der Waals surface area contributed by atoms with Crippen molar-refractivity contribution in [3.8, 4) is 0 Å². The first-order chi connectivity index (χ1) is 13.5. The van der Waals surface area contributed by atoms with Crippen LogP contribution in [0.3, 0.4) is 0 Å². The number of nitrogens with zero attached hydrogens (tertiary/aromatic N) is 3. The van der Waals surface area contributed by atoms with Crippen molar-refractivity contribution in [2.75, 3.05) is 10.6 Å². The number of anilines is 3. The fourth-order valence-corrected chi connectivity index (χ4v) is 3.83. The summed E-state index contributed by atoms with van der Waals surface area (Å²) in [5, 5.41) is 6.63. The van der Waals surface area contributed by atoms with Gasteiger partial charge in [0.05, 0.1) is 10.2 Å². The van der Waals surface area contributed by atoms with E-state index in [2.05, 4.69) is 31.7 Å². The number of fused-ring (bicyclic) bond motifs is 1. The average molecular weight is 389 g/mol. The molecule has 0 fully saturated rings. The molecule has 0 aliphatic rings. The first kappa shape index (κ1) is 18.1. The minimum atomic E-state index is -0.190. The molecule has 0 atom stereocenters. The summed E-state index contributed by atoms with van der Waals surface area (Å²) in [5.74, 6) is 0.351. The number of hydrogen-bond donors (Lipinski definition) is 2. The molecular weight excluding hydrogens is 370 g/mol. The fourth-order valence-electron chi connectivity index (χ4n) is 2.87. The van der Waals surface area contributed by atoms with Gasteiger partial charge >= 0.3 is 0 Å². The van der Waals surface area contributed by atoms with Crippen LogP contribution in [-0.2, 0) is 0 Å². The molecule has 4 rings (SSSR count). The van der Waals surface area contributed by atoms with Gasteiger partial charge in [-0.05, 0) is 68.8 Å². The molecule has 0 saturated heterocycles. The number of rotatable bonds is 4. The van der Waals surface area contributed by atoms with Crippen LogP contribution in [-0.4, -0.2) is 20.9 Å². The molecule has 7 heteroatoms. The van der Waals surface area contributed by atoms with E-state index in [0.29, 0.717) is 16.6 Å². The summed E-state index contributed by atoms with van der Waals surface area (Å²) in [4.78, 5) is 25.7. The molecule has 0 aliphatic heterocycles. The molecule has 4 aromatic rings. The van der Waals surface area contributed by atoms with Gasteiger partial charge in [-0.15, -0.1) is 0 Å². The van der Waals surface area contributed by atoms with Crippen LogP contribution in [0.15, 0.2) is 48.5 Å². The summed E-state index contributed by atoms with van der Waals surface area (Å²) in [6.07, 6.45) is 0. The highest BCUT2D eigenvalue weighted by Crippen LogP contribution is 2.27. The van der Waals surface area contributed by atoms with Crippen LogP contribution in [0.5, 0.6) is 0 Å². The van der Waals surface area contributed by atoms with Crippen molar-refractivity contribution < 1.29 is 4.79 Å². The van der Waals surface area contributed by atoms with Gasteiger partial charge in [-0.3, -0.25) is 10.1 Å². The van der Waals surface area contributed by atoms with Crippen molar-refractivity contribution in [3.05, 3.63) is 71.0 Å². The lowest BCUT2D eigenvalue weighted by atomic mass is 10.2. The summed E-state index contributed by atoms with van der Waals surface area (Å²) < 4.78 is 1.06. The Morgan fingerprint density at radius 1 is 0.893 bits per heavy atom. The zero-order valence-corrected chi connectivity index (χ0v) is 16.6. The van der Waals surface area contributed by atoms with Crippen LogP contribution in [0.4, 0.5) is 16.8 Å². The maximum atomic E-state index is 12.5. The Balaban J connectivity index is 1.47. The zero-order valence-electron chi connectivity index (χ0n) is 15.8. The van der Waals surface area contributed by atoms with Gasteiger partial charge in [-0.25, -0.2) is 15.0 Å². The predicted octanol–water partition coefficient (Wildman–Crippen LogP) is 5.01. The highest BCUT2D eigenvalue weighted by atomic mass is 32.1. The minimum Gasteiger partial charge on any atom is -0.324 e. The third kappa shape index (κ3) is 3.99. The van der Waals surface area contributed by atoms with Gasteiger partial charge in [0, 0.05) is 22.6 Å². The highest BCUT2D eigenvalue weighted by Gasteiger charge is 2.10. The number of benzene rings is 2. The van der Waals surface area contributed by atoms with Gasteiger partial charge in [0.2, 0.25) is 5.95 Å². The van der Waals surface area contributed by atoms with Crippen molar-refractivity contribution in [2.45, 2.75) is 20.8 Å². The quantitative estimate of drug-likeness (QED) is 0.513. The van der Waals surface area contributed by atoms with Gasteiger partial charge in [-0.2, -0.15) is 0 Å². The number of aromatic nitrogens is 3. The van der Waals surface area contributed by atoms with E-state index < -0.39 is 0 Å². The van der Waals surface area contributed by atoms with Crippen LogP contribution in [0.2, 0.25) is 0 Å². The van der Waals surface area contributed by atoms with Crippen molar-refractivity contribution in [1.29, 1.82) is 0 Å². The van der Waals surface area contributed by atoms with E-state index in [4.69, 9.17) is 0 Å². The molecule has 2 N–H and O–H groups in total. The molecule has 0 saturated carbocycles. The smallest absolute Gasteiger partial charge is 0.257 e. The Morgan fingerprint density at radius 2 is 1.61 bits per heavy atom. The molecule has 2 aromatic carbocycles. The molecular formula is C21H19N5OS. The van der Waals surface area contributed by atoms with E-state index in [0.717, 1.165) is 27.3 Å². The van der Waals surface area contributed by atoms with E-state index in [9.17, 15) is 4.79 Å². The number of hydrogen-bond acceptors (Lipinski definition) is 6. The maximum Gasteiger partial charge on any atom is 0.257 e. The van der Waals surface area contributed by atoms with Crippen molar-refractivity contribution in [3.63, 3.8) is 0 Å². The van der Waals surface area contributed by atoms with Gasteiger partial charge in [0.1, 0.15) is 0 Å². The Bertz CT molecular complexity index is 1150. The summed E-state index contributed by atoms with van der Waals surface area (Å²) in [6, 6.07) is 15.1. The monoisotopic (exact) mass is 389 g/mol. The first-order valence-electron chi connectivity index (χ1n) is 8.84. The predicted molar refractivity (Wildman–Crippen MR) is 114 cm³/mol. The fraction of sp³-hybridized carbons (Fsp3) is 0.143. The minimum absolute atomic E-state index is 0.190. The largest absolute Gasteiger partial charge is 0.324 e. The standard InChI is InChI=1S/C21H19N5OS/c1-12-4-9-17-18(10-12)28-21(25-17)26-19(27)15-5-7-16(8-6-15)24-20-22-13(2)11-14(3)23-20/h4-11H,1-3H3,(H,22,23,24)(H,25,26,27). The number of carbonyl (C=O) groups is 1. The zero-order chi connectivity index (χ0) is 19.7. The number of nitrogens with one attached hydrogen (secondary N) is 2. The van der Waals surface area contributed by atoms with Crippen molar-refractivity contribution in [1.82, 2.24) is 15.0 Å². The normalized spacial score (nSPS) is 10.8. The molecule has 140 valence electrons. The lowest BCUT2D eigenvalue weighted by Gasteiger charge is -2.07. The third-order valence-electron chi connectivity index (χ3n) is 4.15. The highest BCUT2D eigenvalue weighted by molar-refractivity contribution is 7.22. The third-order valence-corrected chi connectivity index (χ3v) is 5.08. The molecule has 0 aliphatic carbocycles. The Morgan fingerprint density at radius 3 is 2.32 bits per heavy atom. The molecule has 0 spiro atoms. The molecule has 6 nitrogen and oxygen atoms in total. The van der Waals surface area contributed by atoms with E-state index in [1.807, 2.05) is 51.1 Å². The Labute approximate surface area is 166 Å². The maximum absolute atomic E-state index is 12.5. The van der Waals surface area contributed by atoms with E-state index in [1.54, 1.807) is 12.1 Å². The number of amides is 1. The van der Waals surface area contributed by atoms with Crippen molar-refractivity contribution >= 4 is 44.2 Å². The molecule has 0 unspecified atom stereocenters. The SMILES string of the molecule is Cc1ccc2nc(NC(=O)c3ccc(Nc4nc(C)cc(C)n4)cc3)sc2c1. The molecule has 0 bridgehead atoms. The summed E-state index contributed by atoms with van der Waals surface area (Å²) in [6.45, 7) is 5.89. The van der Waals surface area contributed by atoms with Gasteiger partial charge in [0.15, 0.2) is 5.13 Å². The second-order valence-electron chi connectivity index (χ2n) is 6.62. The first-order valence-corrected chi connectivity index (χ1v) is 9.66. The summed E-state index contributed by atoms with van der Waals surface area (Å²) in [7, 11) is 0. The number of carbonyl (C=O) groups excluding carboxylic acids is 1. The van der Waals surface area contributed by atoms with Crippen LogP contribution < -0.4 is 10.6 Å².